The molecule has 194 valence electrons. The summed E-state index contributed by atoms with van der Waals surface area (Å²) >= 11 is 0. The van der Waals surface area contributed by atoms with Gasteiger partial charge in [0.2, 0.25) is 5.91 Å². The van der Waals surface area contributed by atoms with Crippen LogP contribution in [0, 0.1) is 11.3 Å². The average Bonchev–Trinajstić information content (AvgIpc) is 3.03. The maximum atomic E-state index is 13.2. The van der Waals surface area contributed by atoms with Crippen molar-refractivity contribution in [2.45, 2.75) is 71.6 Å². The first-order valence-corrected chi connectivity index (χ1v) is 11.9. The third kappa shape index (κ3) is 5.67. The maximum absolute atomic E-state index is 13.2. The topological polar surface area (TPSA) is 88.2 Å². The minimum absolute atomic E-state index is 0.109. The zero-order valence-electron chi connectivity index (χ0n) is 21.0. The summed E-state index contributed by atoms with van der Waals surface area (Å²) in [6.45, 7) is 3.42. The van der Waals surface area contributed by atoms with Gasteiger partial charge in [-0.15, -0.1) is 0 Å². The Morgan fingerprint density at radius 2 is 1.91 bits per heavy atom. The Morgan fingerprint density at radius 1 is 1.26 bits per heavy atom. The molecule has 1 spiro atoms. The molecule has 1 aromatic rings. The first-order valence-electron chi connectivity index (χ1n) is 11.9. The zero-order valence-corrected chi connectivity index (χ0v) is 21.0. The molecule has 0 bridgehead atoms. The summed E-state index contributed by atoms with van der Waals surface area (Å²) in [4.78, 5) is 41.1. The van der Waals surface area contributed by atoms with E-state index < -0.39 is 24.1 Å². The Hall–Kier alpha value is -2.91. The number of rotatable bonds is 9. The van der Waals surface area contributed by atoms with Crippen molar-refractivity contribution < 1.29 is 32.6 Å². The molecule has 1 aromatic carbocycles. The van der Waals surface area contributed by atoms with Crippen LogP contribution in [0.3, 0.4) is 0 Å². The second-order valence-corrected chi connectivity index (χ2v) is 10.1. The third-order valence-electron chi connectivity index (χ3n) is 7.68. The molecule has 0 radical (unpaired) electrons. The molecule has 1 aliphatic carbocycles. The van der Waals surface area contributed by atoms with Crippen LogP contribution in [0.4, 0.5) is 13.6 Å². The summed E-state index contributed by atoms with van der Waals surface area (Å²) < 4.78 is 34.6. The van der Waals surface area contributed by atoms with Crippen molar-refractivity contribution in [3.63, 3.8) is 0 Å². The Kier molecular flexibility index (Phi) is 7.91. The molecule has 2 fully saturated rings. The van der Waals surface area contributed by atoms with Crippen LogP contribution in [0.5, 0.6) is 11.5 Å². The number of urea groups is 1. The van der Waals surface area contributed by atoms with Crippen LogP contribution < -0.4 is 14.8 Å². The number of benzene rings is 1. The second-order valence-electron chi connectivity index (χ2n) is 10.1. The number of nitrogens with one attached hydrogen (secondary N) is 1. The molecule has 1 saturated carbocycles. The fourth-order valence-electron chi connectivity index (χ4n) is 4.96. The molecule has 8 nitrogen and oxygen atoms in total. The molecule has 2 aliphatic rings. The standard InChI is InChI=1S/C25H35F2N3O5/c1-6-24(2,3)17-9-11-25(12-10-17)21(32)30(23(33)28-25)15-20(31)29(4)14-16-7-8-18(35-22(26)27)19(13-16)34-5/h7-8,13,17,22H,6,9-12,14-15H2,1-5H3,(H,28,33). The number of ether oxygens (including phenoxy) is 2. The van der Waals surface area contributed by atoms with Crippen LogP contribution in [0.2, 0.25) is 0 Å². The second kappa shape index (κ2) is 10.4. The third-order valence-corrected chi connectivity index (χ3v) is 7.68. The van der Waals surface area contributed by atoms with E-state index in [-0.39, 0.29) is 35.9 Å². The van der Waals surface area contributed by atoms with Crippen molar-refractivity contribution in [1.29, 1.82) is 0 Å². The van der Waals surface area contributed by atoms with E-state index in [4.69, 9.17) is 4.74 Å². The normalized spacial score (nSPS) is 22.5. The molecule has 1 N–H and O–H groups in total. The van der Waals surface area contributed by atoms with Gasteiger partial charge in [0.05, 0.1) is 7.11 Å². The predicted molar refractivity (Wildman–Crippen MR) is 125 cm³/mol. The maximum Gasteiger partial charge on any atom is 0.387 e. The van der Waals surface area contributed by atoms with E-state index in [2.05, 4.69) is 30.8 Å². The number of likely N-dealkylation sites (N-methyl/N-ethyl adjacent to an activating group) is 1. The first-order chi connectivity index (χ1) is 16.4. The lowest BCUT2D eigenvalue weighted by atomic mass is 9.65. The average molecular weight is 496 g/mol. The minimum atomic E-state index is -2.99. The van der Waals surface area contributed by atoms with E-state index in [9.17, 15) is 23.2 Å². The van der Waals surface area contributed by atoms with Crippen molar-refractivity contribution in [3.8, 4) is 11.5 Å². The number of hydrogen-bond donors (Lipinski definition) is 1. The largest absolute Gasteiger partial charge is 0.493 e. The van der Waals surface area contributed by atoms with Gasteiger partial charge in [0.1, 0.15) is 12.1 Å². The van der Waals surface area contributed by atoms with Crippen LogP contribution in [-0.4, -0.2) is 60.5 Å². The number of halogens is 2. The van der Waals surface area contributed by atoms with E-state index in [1.807, 2.05) is 0 Å². The van der Waals surface area contributed by atoms with Crippen LogP contribution >= 0.6 is 0 Å². The molecular weight excluding hydrogens is 460 g/mol. The fourth-order valence-corrected chi connectivity index (χ4v) is 4.96. The molecule has 1 heterocycles. The summed E-state index contributed by atoms with van der Waals surface area (Å²) in [7, 11) is 2.88. The quantitative estimate of drug-likeness (QED) is 0.520. The number of alkyl halides is 2. The summed E-state index contributed by atoms with van der Waals surface area (Å²) in [5, 5.41) is 2.86. The van der Waals surface area contributed by atoms with Crippen LogP contribution in [0.15, 0.2) is 18.2 Å². The van der Waals surface area contributed by atoms with Crippen molar-refractivity contribution in [3.05, 3.63) is 23.8 Å². The smallest absolute Gasteiger partial charge is 0.387 e. The monoisotopic (exact) mass is 495 g/mol. The Labute approximate surface area is 204 Å². The van der Waals surface area contributed by atoms with Crippen molar-refractivity contribution in [1.82, 2.24) is 15.1 Å². The molecule has 1 saturated heterocycles. The number of carbonyl (C=O) groups is 3. The SMILES string of the molecule is CCC(C)(C)C1CCC2(CC1)NC(=O)N(CC(=O)N(C)Cc1ccc(OC(F)F)c(OC)c1)C2=O. The number of methoxy groups -OCH3 is 1. The number of hydrogen-bond acceptors (Lipinski definition) is 5. The number of nitrogens with zero attached hydrogens (tertiary/aromatic N) is 2. The summed E-state index contributed by atoms with van der Waals surface area (Å²) in [5.74, 6) is -0.270. The molecule has 0 unspecified atom stereocenters. The van der Waals surface area contributed by atoms with Gasteiger partial charge in [-0.25, -0.2) is 4.79 Å². The van der Waals surface area contributed by atoms with Gasteiger partial charge in [0.15, 0.2) is 11.5 Å². The zero-order chi connectivity index (χ0) is 26.0. The summed E-state index contributed by atoms with van der Waals surface area (Å²) in [5.41, 5.74) is -0.132. The fraction of sp³-hybridized carbons (Fsp3) is 0.640. The van der Waals surface area contributed by atoms with Crippen molar-refractivity contribution in [2.75, 3.05) is 20.7 Å². The molecule has 3 rings (SSSR count). The van der Waals surface area contributed by atoms with E-state index >= 15 is 0 Å². The Balaban J connectivity index is 1.62. The predicted octanol–water partition coefficient (Wildman–Crippen LogP) is 4.17. The van der Waals surface area contributed by atoms with Gasteiger partial charge in [-0.1, -0.05) is 33.3 Å². The van der Waals surface area contributed by atoms with Crippen LogP contribution in [0.1, 0.15) is 58.4 Å². The van der Waals surface area contributed by atoms with E-state index in [1.54, 1.807) is 13.1 Å². The van der Waals surface area contributed by atoms with Gasteiger partial charge < -0.3 is 19.7 Å². The lowest BCUT2D eigenvalue weighted by Gasteiger charge is -2.42. The van der Waals surface area contributed by atoms with Gasteiger partial charge in [0.25, 0.3) is 5.91 Å². The number of imide groups is 1. The highest BCUT2D eigenvalue weighted by molar-refractivity contribution is 6.09. The number of amides is 4. The van der Waals surface area contributed by atoms with Gasteiger partial charge in [-0.3, -0.25) is 14.5 Å². The minimum Gasteiger partial charge on any atom is -0.493 e. The highest BCUT2D eigenvalue weighted by Crippen LogP contribution is 2.45. The van der Waals surface area contributed by atoms with Crippen LogP contribution in [0.25, 0.3) is 0 Å². The lowest BCUT2D eigenvalue weighted by Crippen LogP contribution is -2.51. The molecule has 0 atom stereocenters. The van der Waals surface area contributed by atoms with E-state index in [1.165, 1.54) is 24.1 Å². The first kappa shape index (κ1) is 26.7. The molecule has 4 amide bonds. The summed E-state index contributed by atoms with van der Waals surface area (Å²) in [6.07, 6.45) is 3.88. The van der Waals surface area contributed by atoms with Crippen molar-refractivity contribution >= 4 is 17.8 Å². The van der Waals surface area contributed by atoms with E-state index in [0.29, 0.717) is 24.3 Å². The molecule has 0 aromatic heterocycles. The highest BCUT2D eigenvalue weighted by atomic mass is 19.3. The Bertz CT molecular complexity index is 960. The van der Waals surface area contributed by atoms with E-state index in [0.717, 1.165) is 24.2 Å². The molecule has 10 heteroatoms. The van der Waals surface area contributed by atoms with Gasteiger partial charge in [0, 0.05) is 13.6 Å². The number of carbonyl (C=O) groups excluding carboxylic acids is 3. The Morgan fingerprint density at radius 3 is 2.49 bits per heavy atom. The summed E-state index contributed by atoms with van der Waals surface area (Å²) in [6, 6.07) is 3.85. The van der Waals surface area contributed by atoms with Gasteiger partial charge in [-0.05, 0) is 54.7 Å². The molecule has 35 heavy (non-hydrogen) atoms. The lowest BCUT2D eigenvalue weighted by molar-refractivity contribution is -0.139. The highest BCUT2D eigenvalue weighted by Gasteiger charge is 2.53. The molecular formula is C25H35F2N3O5. The van der Waals surface area contributed by atoms with Crippen LogP contribution in [-0.2, 0) is 16.1 Å². The van der Waals surface area contributed by atoms with Crippen molar-refractivity contribution in [2.24, 2.45) is 11.3 Å². The van der Waals surface area contributed by atoms with Gasteiger partial charge >= 0.3 is 12.6 Å². The molecule has 1 aliphatic heterocycles. The van der Waals surface area contributed by atoms with Gasteiger partial charge in [-0.2, -0.15) is 8.78 Å².